The Morgan fingerprint density at radius 3 is 3.04 bits per heavy atom. The van der Waals surface area contributed by atoms with Crippen molar-refractivity contribution in [3.8, 4) is 5.75 Å². The molecule has 1 aromatic carbocycles. The van der Waals surface area contributed by atoms with Crippen molar-refractivity contribution in [1.82, 2.24) is 24.8 Å². The van der Waals surface area contributed by atoms with Gasteiger partial charge in [0.1, 0.15) is 12.1 Å². The molecule has 0 unspecified atom stereocenters. The average molecular weight is 506 g/mol. The molecule has 7 nitrogen and oxygen atoms in total. The average Bonchev–Trinajstić information content (AvgIpc) is 3.24. The van der Waals surface area contributed by atoms with Crippen LogP contribution in [0.2, 0.25) is 0 Å². The lowest BCUT2D eigenvalue weighted by Gasteiger charge is -2.11. The first-order chi connectivity index (χ1) is 13.5. The van der Waals surface area contributed by atoms with E-state index in [0.29, 0.717) is 17.4 Å². The number of hydrogen-bond donors (Lipinski definition) is 2. The summed E-state index contributed by atoms with van der Waals surface area (Å²) < 4.78 is 8.99. The Kier molecular flexibility index (Phi) is 5.93. The molecule has 1 aliphatic rings. The Morgan fingerprint density at radius 1 is 1.36 bits per heavy atom. The number of anilines is 1. The maximum Gasteiger partial charge on any atom is 0.175 e. The summed E-state index contributed by atoms with van der Waals surface area (Å²) in [6.07, 6.45) is 3.44. The fourth-order valence-corrected chi connectivity index (χ4v) is 4.94. The first-order valence-corrected chi connectivity index (χ1v) is 11.3. The van der Waals surface area contributed by atoms with Crippen molar-refractivity contribution in [2.75, 3.05) is 18.9 Å². The molecule has 0 fully saturated rings. The first kappa shape index (κ1) is 19.7. The summed E-state index contributed by atoms with van der Waals surface area (Å²) in [5.41, 5.74) is 8.78. The second-order valence-electron chi connectivity index (χ2n) is 7.03. The van der Waals surface area contributed by atoms with Gasteiger partial charge in [0.15, 0.2) is 22.1 Å². The topological polar surface area (TPSA) is 90.9 Å². The molecule has 0 saturated heterocycles. The van der Waals surface area contributed by atoms with Crippen molar-refractivity contribution in [3.63, 3.8) is 0 Å². The van der Waals surface area contributed by atoms with E-state index in [1.807, 2.05) is 0 Å². The summed E-state index contributed by atoms with van der Waals surface area (Å²) >= 11 is 4.01. The third kappa shape index (κ3) is 4.06. The number of nitrogens with two attached hydrogens (primary N) is 1. The highest BCUT2D eigenvalue weighted by atomic mass is 123. The van der Waals surface area contributed by atoms with Gasteiger partial charge in [0, 0.05) is 27.5 Å². The second kappa shape index (κ2) is 8.42. The van der Waals surface area contributed by atoms with Gasteiger partial charge < -0.3 is 20.4 Å². The van der Waals surface area contributed by atoms with E-state index < -0.39 is 0 Å². The van der Waals surface area contributed by atoms with Gasteiger partial charge in [-0.15, -0.1) is 0 Å². The predicted molar refractivity (Wildman–Crippen MR) is 120 cm³/mol. The van der Waals surface area contributed by atoms with Crippen molar-refractivity contribution in [1.29, 1.82) is 0 Å². The normalized spacial score (nSPS) is 13.3. The SMILES string of the molecule is CC(C)NCCCn1c(Sc2cc3c(cc2[123I])OCC3)nc2c(N)ncnc21. The second-order valence-corrected chi connectivity index (χ2v) is 9.20. The number of aryl methyl sites for hydroxylation is 1. The monoisotopic (exact) mass is 506 g/mol. The van der Waals surface area contributed by atoms with E-state index >= 15 is 0 Å². The molecular weight excluding hydrogens is 483 g/mol. The van der Waals surface area contributed by atoms with Crippen LogP contribution in [0.25, 0.3) is 11.2 Å². The molecule has 0 bridgehead atoms. The van der Waals surface area contributed by atoms with Crippen LogP contribution in [0.1, 0.15) is 25.8 Å². The Bertz CT molecular complexity index is 1010. The van der Waals surface area contributed by atoms with E-state index in [1.54, 1.807) is 11.8 Å². The smallest absolute Gasteiger partial charge is 0.175 e. The third-order valence-electron chi connectivity index (χ3n) is 4.58. The van der Waals surface area contributed by atoms with Crippen molar-refractivity contribution >= 4 is 51.3 Å². The van der Waals surface area contributed by atoms with Crippen LogP contribution in [0.15, 0.2) is 28.5 Å². The maximum absolute atomic E-state index is 6.06. The van der Waals surface area contributed by atoms with Gasteiger partial charge in [0.2, 0.25) is 0 Å². The fraction of sp³-hybridized carbons (Fsp3) is 0.421. The minimum Gasteiger partial charge on any atom is -0.493 e. The predicted octanol–water partition coefficient (Wildman–Crippen LogP) is 3.49. The lowest BCUT2D eigenvalue weighted by atomic mass is 10.2. The molecule has 0 amide bonds. The highest BCUT2D eigenvalue weighted by Gasteiger charge is 2.20. The molecule has 3 heterocycles. The van der Waals surface area contributed by atoms with Gasteiger partial charge in [-0.2, -0.15) is 0 Å². The summed E-state index contributed by atoms with van der Waals surface area (Å²) in [7, 11) is 0. The minimum atomic E-state index is 0.419. The number of ether oxygens (including phenoxy) is 1. The van der Waals surface area contributed by atoms with Gasteiger partial charge in [-0.3, -0.25) is 0 Å². The number of hydrogen-bond acceptors (Lipinski definition) is 7. The maximum atomic E-state index is 6.06. The molecule has 148 valence electrons. The van der Waals surface area contributed by atoms with Gasteiger partial charge in [0.05, 0.1) is 6.61 Å². The molecule has 9 heteroatoms. The molecule has 2 aromatic heterocycles. The summed E-state index contributed by atoms with van der Waals surface area (Å²) in [4.78, 5) is 14.5. The van der Waals surface area contributed by atoms with Gasteiger partial charge in [-0.1, -0.05) is 25.6 Å². The van der Waals surface area contributed by atoms with Gasteiger partial charge in [0.25, 0.3) is 0 Å². The molecule has 3 aromatic rings. The van der Waals surface area contributed by atoms with Gasteiger partial charge in [-0.25, -0.2) is 15.0 Å². The zero-order valence-corrected chi connectivity index (χ0v) is 18.9. The third-order valence-corrected chi connectivity index (χ3v) is 6.89. The highest BCUT2D eigenvalue weighted by Crippen LogP contribution is 2.38. The Balaban J connectivity index is 1.66. The molecular formula is C19H23IN6OS. The van der Waals surface area contributed by atoms with E-state index in [4.69, 9.17) is 15.5 Å². The zero-order valence-electron chi connectivity index (χ0n) is 15.9. The molecule has 0 radical (unpaired) electrons. The zero-order chi connectivity index (χ0) is 19.7. The number of benzene rings is 1. The van der Waals surface area contributed by atoms with Crippen LogP contribution in [0.4, 0.5) is 5.82 Å². The molecule has 0 saturated carbocycles. The lowest BCUT2D eigenvalue weighted by molar-refractivity contribution is 0.356. The number of nitrogen functional groups attached to an aromatic ring is 1. The summed E-state index contributed by atoms with van der Waals surface area (Å²) in [6.45, 7) is 6.82. The summed E-state index contributed by atoms with van der Waals surface area (Å²) in [5, 5.41) is 4.35. The standard InChI is InChI=1S/C19H23IN6OS/c1-11(2)22-5-3-6-26-18-16(17(21)23-10-24-18)25-19(26)28-15-8-12-4-7-27-14(12)9-13(15)20/h8-11,22H,3-7H2,1-2H3,(H2,21,23,24)/i20-4. The molecule has 3 N–H and O–H groups in total. The fourth-order valence-electron chi connectivity index (χ4n) is 3.20. The summed E-state index contributed by atoms with van der Waals surface area (Å²) in [5.74, 6) is 1.42. The van der Waals surface area contributed by atoms with Crippen molar-refractivity contribution in [2.45, 2.75) is 49.3 Å². The van der Waals surface area contributed by atoms with Crippen molar-refractivity contribution in [3.05, 3.63) is 27.6 Å². The van der Waals surface area contributed by atoms with Gasteiger partial charge >= 0.3 is 0 Å². The van der Waals surface area contributed by atoms with E-state index in [-0.39, 0.29) is 0 Å². The van der Waals surface area contributed by atoms with E-state index in [9.17, 15) is 0 Å². The molecule has 4 rings (SSSR count). The Hall–Kier alpha value is -1.59. The Morgan fingerprint density at radius 2 is 2.21 bits per heavy atom. The number of rotatable bonds is 7. The molecule has 28 heavy (non-hydrogen) atoms. The molecule has 0 spiro atoms. The molecule has 1 aliphatic heterocycles. The van der Waals surface area contributed by atoms with Crippen LogP contribution in [0.5, 0.6) is 5.75 Å². The van der Waals surface area contributed by atoms with Crippen LogP contribution >= 0.6 is 34.4 Å². The van der Waals surface area contributed by atoms with Gasteiger partial charge in [-0.05, 0) is 53.3 Å². The van der Waals surface area contributed by atoms with Crippen LogP contribution < -0.4 is 15.8 Å². The van der Waals surface area contributed by atoms with Crippen molar-refractivity contribution < 1.29 is 4.74 Å². The van der Waals surface area contributed by atoms with Crippen molar-refractivity contribution in [2.24, 2.45) is 0 Å². The first-order valence-electron chi connectivity index (χ1n) is 9.36. The Labute approximate surface area is 182 Å². The minimum absolute atomic E-state index is 0.419. The largest absolute Gasteiger partial charge is 0.493 e. The quantitative estimate of drug-likeness (QED) is 0.375. The van der Waals surface area contributed by atoms with Crippen LogP contribution in [-0.4, -0.2) is 38.7 Å². The van der Waals surface area contributed by atoms with E-state index in [1.165, 1.54) is 16.8 Å². The molecule has 0 atom stereocenters. The van der Waals surface area contributed by atoms with Crippen LogP contribution in [-0.2, 0) is 13.0 Å². The van der Waals surface area contributed by atoms with E-state index in [0.717, 1.165) is 52.7 Å². The summed E-state index contributed by atoms with van der Waals surface area (Å²) in [6, 6.07) is 4.80. The lowest BCUT2D eigenvalue weighted by Crippen LogP contribution is -2.24. The van der Waals surface area contributed by atoms with E-state index in [2.05, 4.69) is 68.4 Å². The number of halogens is 1. The number of imidazole rings is 1. The van der Waals surface area contributed by atoms with Crippen LogP contribution in [0, 0.1) is 3.57 Å². The number of nitrogens with one attached hydrogen (secondary N) is 1. The molecule has 0 aliphatic carbocycles. The number of fused-ring (bicyclic) bond motifs is 2. The highest BCUT2D eigenvalue weighted by molar-refractivity contribution is 14.1. The number of nitrogens with zero attached hydrogens (tertiary/aromatic N) is 4. The van der Waals surface area contributed by atoms with Crippen LogP contribution in [0.3, 0.4) is 0 Å². The number of aromatic nitrogens is 4.